The summed E-state index contributed by atoms with van der Waals surface area (Å²) in [5.41, 5.74) is 4.50. The highest BCUT2D eigenvalue weighted by Gasteiger charge is 2.34. The number of halogens is 1. The Kier molecular flexibility index (Phi) is 9.85. The maximum Gasteiger partial charge on any atom is 0.237 e. The molecule has 11 heteroatoms. The van der Waals surface area contributed by atoms with Crippen molar-refractivity contribution in [3.63, 3.8) is 0 Å². The molecule has 2 aromatic heterocycles. The van der Waals surface area contributed by atoms with Crippen LogP contribution in [-0.2, 0) is 6.54 Å². The van der Waals surface area contributed by atoms with Gasteiger partial charge in [-0.3, -0.25) is 10.3 Å². The first-order valence-corrected chi connectivity index (χ1v) is 14.7. The molecule has 0 radical (unpaired) electrons. The minimum Gasteiger partial charge on any atom is -0.492 e. The molecule has 3 aromatic rings. The van der Waals surface area contributed by atoms with Gasteiger partial charge in [0.05, 0.1) is 13.2 Å². The van der Waals surface area contributed by atoms with Crippen LogP contribution in [0.3, 0.4) is 0 Å². The molecule has 2 aliphatic rings. The smallest absolute Gasteiger partial charge is 0.237 e. The van der Waals surface area contributed by atoms with Crippen molar-refractivity contribution in [3.05, 3.63) is 59.6 Å². The second-order valence-electron chi connectivity index (χ2n) is 10.1. The molecule has 2 aliphatic heterocycles. The van der Waals surface area contributed by atoms with Crippen LogP contribution in [0.4, 0.5) is 11.9 Å². The SMILES string of the molecule is CCOc1cc(CN2CCC(N(c3ncccn3)C3CCN(Nc4ncccn4)CC3)CC2)cc(OCC)c1Cl. The molecule has 1 aromatic carbocycles. The van der Waals surface area contributed by atoms with E-state index in [0.29, 0.717) is 47.8 Å². The minimum atomic E-state index is 0.382. The summed E-state index contributed by atoms with van der Waals surface area (Å²) in [4.78, 5) is 22.9. The number of hydrogen-bond donors (Lipinski definition) is 1. The van der Waals surface area contributed by atoms with Crippen molar-refractivity contribution in [1.29, 1.82) is 0 Å². The van der Waals surface area contributed by atoms with E-state index in [4.69, 9.17) is 21.1 Å². The third kappa shape index (κ3) is 7.10. The molecule has 5 rings (SSSR count). The van der Waals surface area contributed by atoms with Crippen molar-refractivity contribution in [3.8, 4) is 11.5 Å². The van der Waals surface area contributed by atoms with Crippen LogP contribution in [0.15, 0.2) is 49.1 Å². The molecule has 0 atom stereocenters. The molecule has 0 spiro atoms. The van der Waals surface area contributed by atoms with Crippen LogP contribution in [-0.4, -0.2) is 81.3 Å². The first kappa shape index (κ1) is 28.3. The van der Waals surface area contributed by atoms with Gasteiger partial charge in [-0.05, 0) is 69.4 Å². The van der Waals surface area contributed by atoms with Crippen molar-refractivity contribution in [2.45, 2.75) is 58.2 Å². The first-order chi connectivity index (χ1) is 19.6. The zero-order valence-electron chi connectivity index (χ0n) is 23.4. The van der Waals surface area contributed by atoms with Gasteiger partial charge in [-0.1, -0.05) is 11.6 Å². The average molecular weight is 567 g/mol. The summed E-state index contributed by atoms with van der Waals surface area (Å²) in [6.45, 7) is 9.70. The topological polar surface area (TPSA) is 91.8 Å². The molecule has 0 unspecified atom stereocenters. The van der Waals surface area contributed by atoms with E-state index in [2.05, 4.69) is 40.2 Å². The van der Waals surface area contributed by atoms with Crippen molar-refractivity contribution in [1.82, 2.24) is 29.8 Å². The Balaban J connectivity index is 1.22. The highest BCUT2D eigenvalue weighted by atomic mass is 35.5. The van der Waals surface area contributed by atoms with E-state index in [1.807, 2.05) is 50.5 Å². The fraction of sp³-hybridized carbons (Fsp3) is 0.517. The van der Waals surface area contributed by atoms with Gasteiger partial charge < -0.3 is 14.4 Å². The molecule has 0 aliphatic carbocycles. The molecule has 2 fully saturated rings. The Morgan fingerprint density at radius 2 is 1.35 bits per heavy atom. The molecular weight excluding hydrogens is 528 g/mol. The second-order valence-corrected chi connectivity index (χ2v) is 10.5. The van der Waals surface area contributed by atoms with E-state index in [9.17, 15) is 0 Å². The summed E-state index contributed by atoms with van der Waals surface area (Å²) in [6.07, 6.45) is 11.3. The number of likely N-dealkylation sites (tertiary alicyclic amines) is 1. The number of rotatable bonds is 11. The summed E-state index contributed by atoms with van der Waals surface area (Å²) in [6, 6.07) is 8.58. The Labute approximate surface area is 241 Å². The Hall–Kier alpha value is -3.21. The predicted octanol–water partition coefficient (Wildman–Crippen LogP) is 4.68. The molecule has 40 heavy (non-hydrogen) atoms. The van der Waals surface area contributed by atoms with Gasteiger partial charge in [0.15, 0.2) is 0 Å². The highest BCUT2D eigenvalue weighted by molar-refractivity contribution is 6.33. The number of nitrogens with zero attached hydrogens (tertiary/aromatic N) is 7. The van der Waals surface area contributed by atoms with Gasteiger partial charge >= 0.3 is 0 Å². The number of piperidine rings is 2. The van der Waals surface area contributed by atoms with Crippen LogP contribution >= 0.6 is 11.6 Å². The van der Waals surface area contributed by atoms with Gasteiger partial charge in [-0.25, -0.2) is 24.9 Å². The van der Waals surface area contributed by atoms with E-state index in [1.54, 1.807) is 12.4 Å². The van der Waals surface area contributed by atoms with E-state index in [0.717, 1.165) is 69.9 Å². The molecular formula is C29H39ClN8O2. The quantitative estimate of drug-likeness (QED) is 0.353. The van der Waals surface area contributed by atoms with Gasteiger partial charge in [0.2, 0.25) is 11.9 Å². The lowest BCUT2D eigenvalue weighted by atomic mass is 9.97. The lowest BCUT2D eigenvalue weighted by molar-refractivity contribution is 0.183. The fourth-order valence-electron chi connectivity index (χ4n) is 5.66. The molecule has 10 nitrogen and oxygen atoms in total. The summed E-state index contributed by atoms with van der Waals surface area (Å²) in [5.74, 6) is 2.84. The number of nitrogens with one attached hydrogen (secondary N) is 1. The van der Waals surface area contributed by atoms with Crippen LogP contribution in [0.5, 0.6) is 11.5 Å². The molecule has 2 saturated heterocycles. The lowest BCUT2D eigenvalue weighted by Crippen LogP contribution is -2.53. The number of benzene rings is 1. The van der Waals surface area contributed by atoms with Crippen molar-refractivity contribution in [2.24, 2.45) is 0 Å². The Morgan fingerprint density at radius 1 is 0.825 bits per heavy atom. The van der Waals surface area contributed by atoms with Crippen LogP contribution in [0.1, 0.15) is 45.1 Å². The summed E-state index contributed by atoms with van der Waals surface area (Å²) in [5, 5.41) is 2.75. The third-order valence-corrected chi connectivity index (χ3v) is 7.86. The predicted molar refractivity (Wildman–Crippen MR) is 157 cm³/mol. The number of hydrazine groups is 1. The summed E-state index contributed by atoms with van der Waals surface area (Å²) >= 11 is 6.52. The first-order valence-electron chi connectivity index (χ1n) is 14.3. The van der Waals surface area contributed by atoms with Crippen LogP contribution in [0.25, 0.3) is 0 Å². The third-order valence-electron chi connectivity index (χ3n) is 7.49. The number of anilines is 2. The van der Waals surface area contributed by atoms with Crippen LogP contribution < -0.4 is 19.8 Å². The highest BCUT2D eigenvalue weighted by Crippen LogP contribution is 2.36. The molecule has 0 amide bonds. The van der Waals surface area contributed by atoms with Crippen molar-refractivity contribution >= 4 is 23.5 Å². The fourth-order valence-corrected chi connectivity index (χ4v) is 5.87. The monoisotopic (exact) mass is 566 g/mol. The molecule has 1 N–H and O–H groups in total. The molecule has 214 valence electrons. The van der Waals surface area contributed by atoms with E-state index in [-0.39, 0.29) is 0 Å². The number of hydrogen-bond acceptors (Lipinski definition) is 10. The Bertz CT molecular complexity index is 1160. The average Bonchev–Trinajstić information content (AvgIpc) is 2.99. The van der Waals surface area contributed by atoms with Gasteiger partial charge in [0, 0.05) is 69.6 Å². The zero-order chi connectivity index (χ0) is 27.7. The zero-order valence-corrected chi connectivity index (χ0v) is 24.1. The van der Waals surface area contributed by atoms with Crippen LogP contribution in [0.2, 0.25) is 5.02 Å². The summed E-state index contributed by atoms with van der Waals surface area (Å²) in [7, 11) is 0. The van der Waals surface area contributed by atoms with Crippen molar-refractivity contribution in [2.75, 3.05) is 49.7 Å². The Morgan fingerprint density at radius 3 is 1.90 bits per heavy atom. The standard InChI is InChI=1S/C29H39ClN8O2/c1-3-39-25-19-22(20-26(27(25)30)40-4-2)21-36-15-7-23(8-16-36)38(29-33-13-6-14-34-29)24-9-17-37(18-10-24)35-28-31-11-5-12-32-28/h5-6,11-14,19-20,23-24H,3-4,7-10,15-18,21H2,1-2H3,(H,31,32,35). The van der Waals surface area contributed by atoms with E-state index >= 15 is 0 Å². The normalized spacial score (nSPS) is 17.5. The number of ether oxygens (including phenoxy) is 2. The largest absolute Gasteiger partial charge is 0.492 e. The number of aromatic nitrogens is 4. The molecule has 4 heterocycles. The summed E-state index contributed by atoms with van der Waals surface area (Å²) < 4.78 is 11.6. The lowest BCUT2D eigenvalue weighted by Gasteiger charge is -2.45. The van der Waals surface area contributed by atoms with Gasteiger partial charge in [-0.2, -0.15) is 0 Å². The maximum atomic E-state index is 6.52. The van der Waals surface area contributed by atoms with Gasteiger partial charge in [-0.15, -0.1) is 0 Å². The molecule has 0 bridgehead atoms. The van der Waals surface area contributed by atoms with Crippen molar-refractivity contribution < 1.29 is 9.47 Å². The van der Waals surface area contributed by atoms with Gasteiger partial charge in [0.1, 0.15) is 16.5 Å². The van der Waals surface area contributed by atoms with E-state index in [1.165, 1.54) is 0 Å². The molecule has 0 saturated carbocycles. The van der Waals surface area contributed by atoms with E-state index < -0.39 is 0 Å². The second kappa shape index (κ2) is 13.9. The minimum absolute atomic E-state index is 0.382. The maximum absolute atomic E-state index is 6.52. The van der Waals surface area contributed by atoms with Gasteiger partial charge in [0.25, 0.3) is 0 Å². The van der Waals surface area contributed by atoms with Crippen LogP contribution in [0, 0.1) is 0 Å².